The number of thioether (sulfide) groups is 1. The molecule has 0 aliphatic carbocycles. The summed E-state index contributed by atoms with van der Waals surface area (Å²) in [7, 11) is 0. The number of anilines is 1. The van der Waals surface area contributed by atoms with Gasteiger partial charge in [0.2, 0.25) is 5.91 Å². The smallest absolute Gasteiger partial charge is 0.338 e. The monoisotopic (exact) mass is 454 g/mol. The van der Waals surface area contributed by atoms with Crippen LogP contribution in [0.3, 0.4) is 0 Å². The van der Waals surface area contributed by atoms with Gasteiger partial charge in [-0.05, 0) is 55.3 Å². The number of piperidine rings is 1. The average Bonchev–Trinajstić information content (AvgIpc) is 3.04. The zero-order valence-electron chi connectivity index (χ0n) is 15.8. The molecule has 2 aromatic rings. The van der Waals surface area contributed by atoms with Gasteiger partial charge in [0.05, 0.1) is 16.2 Å². The van der Waals surface area contributed by atoms with E-state index in [-0.39, 0.29) is 11.5 Å². The van der Waals surface area contributed by atoms with E-state index < -0.39 is 22.5 Å². The van der Waals surface area contributed by atoms with E-state index in [1.54, 1.807) is 45.8 Å². The van der Waals surface area contributed by atoms with Crippen LogP contribution in [-0.4, -0.2) is 40.4 Å². The first-order chi connectivity index (χ1) is 14.2. The summed E-state index contributed by atoms with van der Waals surface area (Å²) in [6, 6.07) is 11.5. The molecule has 2 amide bonds. The van der Waals surface area contributed by atoms with Gasteiger partial charge in [0.25, 0.3) is 5.91 Å². The second-order valence-electron chi connectivity index (χ2n) is 7.31. The summed E-state index contributed by atoms with van der Waals surface area (Å²) in [6.07, 6.45) is -3.42. The third-order valence-corrected chi connectivity index (χ3v) is 7.25. The number of carbonyl (C=O) groups is 2. The van der Waals surface area contributed by atoms with Gasteiger partial charge < -0.3 is 4.90 Å². The molecule has 0 atom stereocenters. The lowest BCUT2D eigenvalue weighted by Gasteiger charge is -2.44. The maximum absolute atomic E-state index is 13.0. The number of nitrogens with zero attached hydrogens (tertiary/aromatic N) is 2. The number of alkyl halides is 3. The zero-order chi connectivity index (χ0) is 21.5. The molecule has 2 fully saturated rings. The number of hydrogen-bond acceptors (Lipinski definition) is 3. The van der Waals surface area contributed by atoms with E-state index in [1.165, 1.54) is 12.1 Å². The zero-order valence-corrected chi connectivity index (χ0v) is 17.4. The molecule has 4 rings (SSSR count). The normalized spacial score (nSPS) is 18.9. The summed E-state index contributed by atoms with van der Waals surface area (Å²) in [6.45, 7) is 0.721. The number of rotatable bonds is 2. The molecular formula is C21H18ClF3N2O2S. The summed E-state index contributed by atoms with van der Waals surface area (Å²) in [5, 5.41) is 0.577. The van der Waals surface area contributed by atoms with Crippen molar-refractivity contribution < 1.29 is 22.8 Å². The minimum atomic E-state index is -4.50. The highest BCUT2D eigenvalue weighted by molar-refractivity contribution is 8.02. The Morgan fingerprint density at radius 1 is 1.07 bits per heavy atom. The van der Waals surface area contributed by atoms with Crippen LogP contribution in [0.25, 0.3) is 0 Å². The molecule has 2 aliphatic heterocycles. The van der Waals surface area contributed by atoms with Gasteiger partial charge in [0, 0.05) is 29.4 Å². The lowest BCUT2D eigenvalue weighted by atomic mass is 10.00. The number of likely N-dealkylation sites (tertiary alicyclic amines) is 1. The van der Waals surface area contributed by atoms with Crippen LogP contribution in [0.4, 0.5) is 18.9 Å². The summed E-state index contributed by atoms with van der Waals surface area (Å²) >= 11 is 7.51. The van der Waals surface area contributed by atoms with Crippen LogP contribution in [0.15, 0.2) is 48.5 Å². The quantitative estimate of drug-likeness (QED) is 0.636. The van der Waals surface area contributed by atoms with Gasteiger partial charge in [0.1, 0.15) is 0 Å². The molecule has 0 saturated carbocycles. The average molecular weight is 455 g/mol. The third-order valence-electron chi connectivity index (χ3n) is 5.47. The van der Waals surface area contributed by atoms with Crippen molar-refractivity contribution in [2.24, 2.45) is 0 Å². The minimum Gasteiger partial charge on any atom is -0.338 e. The van der Waals surface area contributed by atoms with Crippen LogP contribution < -0.4 is 4.90 Å². The van der Waals surface area contributed by atoms with E-state index in [4.69, 9.17) is 11.6 Å². The second kappa shape index (κ2) is 7.81. The fraction of sp³-hybridized carbons (Fsp3) is 0.333. The van der Waals surface area contributed by atoms with Crippen LogP contribution in [0, 0.1) is 0 Å². The lowest BCUT2D eigenvalue weighted by Crippen LogP contribution is -2.53. The fourth-order valence-electron chi connectivity index (χ4n) is 3.96. The highest BCUT2D eigenvalue weighted by Gasteiger charge is 2.49. The maximum Gasteiger partial charge on any atom is 0.416 e. The first-order valence-corrected chi connectivity index (χ1v) is 10.8. The van der Waals surface area contributed by atoms with E-state index >= 15 is 0 Å². The summed E-state index contributed by atoms with van der Waals surface area (Å²) < 4.78 is 38.9. The SMILES string of the molecule is O=C(c1cccc(C(F)(F)F)c1)N1CCC2(CC1)SCC(=O)N2c1ccc(Cl)cc1. The van der Waals surface area contributed by atoms with E-state index in [2.05, 4.69) is 0 Å². The molecular weight excluding hydrogens is 437 g/mol. The molecule has 0 N–H and O–H groups in total. The molecule has 0 radical (unpaired) electrons. The lowest BCUT2D eigenvalue weighted by molar-refractivity contribution is -0.137. The second-order valence-corrected chi connectivity index (χ2v) is 9.08. The van der Waals surface area contributed by atoms with Crippen LogP contribution >= 0.6 is 23.4 Å². The van der Waals surface area contributed by atoms with Crippen LogP contribution in [-0.2, 0) is 11.0 Å². The van der Waals surface area contributed by atoms with Gasteiger partial charge in [-0.2, -0.15) is 13.2 Å². The van der Waals surface area contributed by atoms with Crippen molar-refractivity contribution >= 4 is 40.9 Å². The molecule has 1 spiro atoms. The Morgan fingerprint density at radius 3 is 2.37 bits per heavy atom. The molecule has 158 valence electrons. The number of amides is 2. The van der Waals surface area contributed by atoms with Crippen molar-refractivity contribution in [3.63, 3.8) is 0 Å². The predicted octanol–water partition coefficient (Wildman–Crippen LogP) is 5.07. The van der Waals surface area contributed by atoms with Crippen molar-refractivity contribution in [2.45, 2.75) is 23.9 Å². The van der Waals surface area contributed by atoms with Crippen LogP contribution in [0.5, 0.6) is 0 Å². The molecule has 30 heavy (non-hydrogen) atoms. The van der Waals surface area contributed by atoms with Crippen LogP contribution in [0.1, 0.15) is 28.8 Å². The molecule has 2 aliphatic rings. The first-order valence-electron chi connectivity index (χ1n) is 9.39. The molecule has 0 aromatic heterocycles. The topological polar surface area (TPSA) is 40.6 Å². The van der Waals surface area contributed by atoms with E-state index in [1.807, 2.05) is 0 Å². The molecule has 4 nitrogen and oxygen atoms in total. The van der Waals surface area contributed by atoms with E-state index in [0.717, 1.165) is 17.8 Å². The van der Waals surface area contributed by atoms with Gasteiger partial charge in [-0.25, -0.2) is 0 Å². The Labute approximate surface area is 181 Å². The van der Waals surface area contributed by atoms with Crippen LogP contribution in [0.2, 0.25) is 5.02 Å². The summed E-state index contributed by atoms with van der Waals surface area (Å²) in [5.41, 5.74) is -0.0646. The van der Waals surface area contributed by atoms with E-state index in [9.17, 15) is 22.8 Å². The molecule has 9 heteroatoms. The molecule has 2 heterocycles. The minimum absolute atomic E-state index is 0.0000210. The van der Waals surface area contributed by atoms with Gasteiger partial charge in [-0.3, -0.25) is 14.5 Å². The maximum atomic E-state index is 13.0. The predicted molar refractivity (Wildman–Crippen MR) is 111 cm³/mol. The number of hydrogen-bond donors (Lipinski definition) is 0. The van der Waals surface area contributed by atoms with E-state index in [0.29, 0.717) is 36.7 Å². The van der Waals surface area contributed by atoms with Crippen molar-refractivity contribution in [1.29, 1.82) is 0 Å². The van der Waals surface area contributed by atoms with Gasteiger partial charge >= 0.3 is 6.18 Å². The molecule has 2 saturated heterocycles. The summed E-state index contributed by atoms with van der Waals surface area (Å²) in [5.74, 6) is -0.0761. The van der Waals surface area contributed by atoms with Gasteiger partial charge in [-0.15, -0.1) is 11.8 Å². The largest absolute Gasteiger partial charge is 0.416 e. The summed E-state index contributed by atoms with van der Waals surface area (Å²) in [4.78, 5) is 28.3. The van der Waals surface area contributed by atoms with Crippen molar-refractivity contribution in [3.05, 3.63) is 64.7 Å². The number of carbonyl (C=O) groups excluding carboxylic acids is 2. The van der Waals surface area contributed by atoms with Crippen molar-refractivity contribution in [1.82, 2.24) is 4.90 Å². The molecule has 0 unspecified atom stereocenters. The van der Waals surface area contributed by atoms with Crippen molar-refractivity contribution in [3.8, 4) is 0 Å². The highest BCUT2D eigenvalue weighted by Crippen LogP contribution is 2.47. The molecule has 0 bridgehead atoms. The molecule has 2 aromatic carbocycles. The third kappa shape index (κ3) is 3.90. The highest BCUT2D eigenvalue weighted by atomic mass is 35.5. The fourth-order valence-corrected chi connectivity index (χ4v) is 5.41. The standard InChI is InChI=1S/C21H18ClF3N2O2S/c22-16-4-6-17(7-5-16)27-18(28)13-30-20(27)8-10-26(11-9-20)19(29)14-2-1-3-15(12-14)21(23,24)25/h1-7,12H,8-11,13H2. The van der Waals surface area contributed by atoms with Crippen molar-refractivity contribution in [2.75, 3.05) is 23.7 Å². The Balaban J connectivity index is 1.51. The Hall–Kier alpha value is -2.19. The Bertz CT molecular complexity index is 973. The Morgan fingerprint density at radius 2 is 1.73 bits per heavy atom. The number of halogens is 4. The Kier molecular flexibility index (Phi) is 5.48. The number of benzene rings is 2. The first kappa shape index (κ1) is 21.1. The van der Waals surface area contributed by atoms with Gasteiger partial charge in [-0.1, -0.05) is 17.7 Å². The van der Waals surface area contributed by atoms with Gasteiger partial charge in [0.15, 0.2) is 0 Å².